The van der Waals surface area contributed by atoms with Gasteiger partial charge in [-0.25, -0.2) is 14.6 Å². The first-order valence-electron chi connectivity index (χ1n) is 3.36. The first kappa shape index (κ1) is 8.00. The quantitative estimate of drug-likeness (QED) is 0.627. The van der Waals surface area contributed by atoms with E-state index in [1.807, 2.05) is 0 Å². The summed E-state index contributed by atoms with van der Waals surface area (Å²) in [5, 5.41) is 0.401. The van der Waals surface area contributed by atoms with Gasteiger partial charge in [-0.2, -0.15) is 0 Å². The van der Waals surface area contributed by atoms with Gasteiger partial charge in [-0.05, 0) is 12.1 Å². The molecular formula is C7H3ClN2O3. The van der Waals surface area contributed by atoms with Gasteiger partial charge >= 0.3 is 11.4 Å². The maximum atomic E-state index is 11.0. The minimum Gasteiger partial charge on any atom is -0.372 e. The van der Waals surface area contributed by atoms with Crippen LogP contribution in [0.2, 0.25) is 5.15 Å². The fourth-order valence-corrected chi connectivity index (χ4v) is 1.10. The Morgan fingerprint density at radius 2 is 2.15 bits per heavy atom. The molecule has 0 saturated heterocycles. The minimum absolute atomic E-state index is 0.133. The highest BCUT2D eigenvalue weighted by Gasteiger charge is 2.03. The Kier molecular flexibility index (Phi) is 1.66. The van der Waals surface area contributed by atoms with E-state index in [1.165, 1.54) is 12.1 Å². The Labute approximate surface area is 76.0 Å². The van der Waals surface area contributed by atoms with Crippen molar-refractivity contribution in [1.82, 2.24) is 9.97 Å². The van der Waals surface area contributed by atoms with Gasteiger partial charge in [-0.3, -0.25) is 4.98 Å². The third-order valence-electron chi connectivity index (χ3n) is 1.49. The molecule has 5 nitrogen and oxygen atoms in total. The van der Waals surface area contributed by atoms with Crippen LogP contribution in [-0.2, 0) is 0 Å². The van der Waals surface area contributed by atoms with Crippen LogP contribution in [0.3, 0.4) is 0 Å². The SMILES string of the molecule is O=c1[nH]c2nc(Cl)ccc2c(=O)o1. The summed E-state index contributed by atoms with van der Waals surface area (Å²) in [7, 11) is 0. The van der Waals surface area contributed by atoms with Gasteiger partial charge in [0.15, 0.2) is 5.65 Å². The maximum absolute atomic E-state index is 11.0. The van der Waals surface area contributed by atoms with E-state index >= 15 is 0 Å². The monoisotopic (exact) mass is 198 g/mol. The van der Waals surface area contributed by atoms with Crippen LogP contribution in [0, 0.1) is 0 Å². The van der Waals surface area contributed by atoms with Crippen molar-refractivity contribution < 1.29 is 4.42 Å². The van der Waals surface area contributed by atoms with Crippen LogP contribution in [0.15, 0.2) is 26.1 Å². The number of hydrogen-bond donors (Lipinski definition) is 1. The Bertz CT molecular complexity index is 572. The van der Waals surface area contributed by atoms with Crippen molar-refractivity contribution in [1.29, 1.82) is 0 Å². The van der Waals surface area contributed by atoms with Crippen LogP contribution in [0.4, 0.5) is 0 Å². The Morgan fingerprint density at radius 1 is 1.38 bits per heavy atom. The molecule has 0 unspecified atom stereocenters. The Balaban J connectivity index is 3.03. The number of aromatic nitrogens is 2. The maximum Gasteiger partial charge on any atom is 0.420 e. The molecular weight excluding hydrogens is 196 g/mol. The van der Waals surface area contributed by atoms with Crippen molar-refractivity contribution in [3.63, 3.8) is 0 Å². The average molecular weight is 199 g/mol. The summed E-state index contributed by atoms with van der Waals surface area (Å²) in [5.74, 6) is -0.840. The van der Waals surface area contributed by atoms with Gasteiger partial charge in [-0.15, -0.1) is 0 Å². The normalized spacial score (nSPS) is 10.5. The fraction of sp³-hybridized carbons (Fsp3) is 0. The molecule has 0 spiro atoms. The minimum atomic E-state index is -0.840. The second kappa shape index (κ2) is 2.70. The summed E-state index contributed by atoms with van der Waals surface area (Å²) in [6, 6.07) is 2.88. The Morgan fingerprint density at radius 3 is 2.92 bits per heavy atom. The number of halogens is 1. The van der Waals surface area contributed by atoms with E-state index in [9.17, 15) is 9.59 Å². The van der Waals surface area contributed by atoms with E-state index in [0.29, 0.717) is 0 Å². The largest absolute Gasteiger partial charge is 0.420 e. The number of nitrogens with zero attached hydrogens (tertiary/aromatic N) is 1. The molecule has 0 fully saturated rings. The molecule has 66 valence electrons. The van der Waals surface area contributed by atoms with Crippen LogP contribution >= 0.6 is 11.6 Å². The summed E-state index contributed by atoms with van der Waals surface area (Å²) in [4.78, 5) is 27.8. The molecule has 0 aliphatic heterocycles. The van der Waals surface area contributed by atoms with Gasteiger partial charge < -0.3 is 4.42 Å². The lowest BCUT2D eigenvalue weighted by molar-refractivity contribution is 0.459. The standard InChI is InChI=1S/C7H3ClN2O3/c8-4-2-1-3-5(9-4)10-7(12)13-6(3)11/h1-2H,(H,9,10,12). The summed E-state index contributed by atoms with van der Waals surface area (Å²) in [5.41, 5.74) is -0.586. The zero-order valence-corrected chi connectivity index (χ0v) is 6.96. The highest BCUT2D eigenvalue weighted by atomic mass is 35.5. The number of fused-ring (bicyclic) bond motifs is 1. The third-order valence-corrected chi connectivity index (χ3v) is 1.70. The van der Waals surface area contributed by atoms with Crippen molar-refractivity contribution in [2.75, 3.05) is 0 Å². The topological polar surface area (TPSA) is 76.0 Å². The predicted molar refractivity (Wildman–Crippen MR) is 45.9 cm³/mol. The molecule has 2 aromatic heterocycles. The predicted octanol–water partition coefficient (Wildman–Crippen LogP) is 0.530. The van der Waals surface area contributed by atoms with E-state index in [1.54, 1.807) is 0 Å². The first-order valence-corrected chi connectivity index (χ1v) is 3.74. The molecule has 0 radical (unpaired) electrons. The zero-order valence-electron chi connectivity index (χ0n) is 6.20. The van der Waals surface area contributed by atoms with Crippen LogP contribution in [-0.4, -0.2) is 9.97 Å². The molecule has 13 heavy (non-hydrogen) atoms. The number of rotatable bonds is 0. The van der Waals surface area contributed by atoms with Crippen molar-refractivity contribution in [3.8, 4) is 0 Å². The second-order valence-electron chi connectivity index (χ2n) is 2.33. The van der Waals surface area contributed by atoms with Gasteiger partial charge in [0.2, 0.25) is 0 Å². The lowest BCUT2D eigenvalue weighted by atomic mass is 10.3. The smallest absolute Gasteiger partial charge is 0.372 e. The number of H-pyrrole nitrogens is 1. The van der Waals surface area contributed by atoms with Crippen molar-refractivity contribution >= 4 is 22.6 Å². The van der Waals surface area contributed by atoms with Gasteiger partial charge in [0.1, 0.15) is 10.5 Å². The molecule has 2 rings (SSSR count). The summed E-state index contributed by atoms with van der Waals surface area (Å²) < 4.78 is 4.28. The molecule has 0 aromatic carbocycles. The van der Waals surface area contributed by atoms with Crippen LogP contribution < -0.4 is 11.4 Å². The molecule has 2 aromatic rings. The molecule has 0 atom stereocenters. The molecule has 2 heterocycles. The van der Waals surface area contributed by atoms with Gasteiger partial charge in [0.05, 0.1) is 0 Å². The number of hydrogen-bond acceptors (Lipinski definition) is 4. The molecule has 1 N–H and O–H groups in total. The first-order chi connectivity index (χ1) is 6.16. The number of nitrogens with one attached hydrogen (secondary N) is 1. The van der Waals surface area contributed by atoms with E-state index in [-0.39, 0.29) is 16.2 Å². The number of aromatic amines is 1. The van der Waals surface area contributed by atoms with Crippen LogP contribution in [0.25, 0.3) is 11.0 Å². The van der Waals surface area contributed by atoms with Crippen molar-refractivity contribution in [2.45, 2.75) is 0 Å². The summed E-state index contributed by atoms with van der Waals surface area (Å²) in [6.07, 6.45) is 0. The zero-order chi connectivity index (χ0) is 9.42. The van der Waals surface area contributed by atoms with Crippen molar-refractivity contribution in [3.05, 3.63) is 38.3 Å². The lowest BCUT2D eigenvalue weighted by Crippen LogP contribution is -2.15. The fourth-order valence-electron chi connectivity index (χ4n) is 0.957. The average Bonchev–Trinajstić information content (AvgIpc) is 2.02. The highest BCUT2D eigenvalue weighted by molar-refractivity contribution is 6.29. The van der Waals surface area contributed by atoms with E-state index < -0.39 is 11.4 Å². The second-order valence-corrected chi connectivity index (χ2v) is 2.72. The molecule has 0 amide bonds. The van der Waals surface area contributed by atoms with Gasteiger partial charge in [-0.1, -0.05) is 11.6 Å². The molecule has 0 aliphatic rings. The Hall–Kier alpha value is -1.62. The highest BCUT2D eigenvalue weighted by Crippen LogP contribution is 2.07. The third kappa shape index (κ3) is 1.33. The van der Waals surface area contributed by atoms with E-state index in [0.717, 1.165) is 0 Å². The van der Waals surface area contributed by atoms with Gasteiger partial charge in [0.25, 0.3) is 0 Å². The van der Waals surface area contributed by atoms with Crippen LogP contribution in [0.5, 0.6) is 0 Å². The summed E-state index contributed by atoms with van der Waals surface area (Å²) >= 11 is 5.56. The molecule has 0 saturated carbocycles. The van der Waals surface area contributed by atoms with Gasteiger partial charge in [0, 0.05) is 0 Å². The van der Waals surface area contributed by atoms with E-state index in [4.69, 9.17) is 11.6 Å². The molecule has 0 bridgehead atoms. The van der Waals surface area contributed by atoms with Crippen molar-refractivity contribution in [2.24, 2.45) is 0 Å². The number of pyridine rings is 1. The molecule has 0 aliphatic carbocycles. The van der Waals surface area contributed by atoms with E-state index in [2.05, 4.69) is 14.4 Å². The lowest BCUT2D eigenvalue weighted by Gasteiger charge is -1.93. The molecule has 6 heteroatoms. The van der Waals surface area contributed by atoms with Crippen LogP contribution in [0.1, 0.15) is 0 Å². The summed E-state index contributed by atoms with van der Waals surface area (Å²) in [6.45, 7) is 0.